The Morgan fingerprint density at radius 3 is 2.54 bits per heavy atom. The van der Waals surface area contributed by atoms with Gasteiger partial charge in [-0.2, -0.15) is 4.31 Å². The van der Waals surface area contributed by atoms with Gasteiger partial charge in [0.2, 0.25) is 15.9 Å². The Kier molecular flexibility index (Phi) is 4.77. The van der Waals surface area contributed by atoms with Gasteiger partial charge in [0.15, 0.2) is 0 Å². The molecule has 26 heavy (non-hydrogen) atoms. The minimum Gasteiger partial charge on any atom is -0.378 e. The molecule has 3 fully saturated rings. The fourth-order valence-corrected chi connectivity index (χ4v) is 5.60. The van der Waals surface area contributed by atoms with Crippen LogP contribution in [0, 0.1) is 5.92 Å². The number of hydrogen-bond acceptors (Lipinski definition) is 5. The normalized spacial score (nSPS) is 26.0. The van der Waals surface area contributed by atoms with Gasteiger partial charge >= 0.3 is 0 Å². The largest absolute Gasteiger partial charge is 0.378 e. The Labute approximate surface area is 153 Å². The lowest BCUT2D eigenvalue weighted by Gasteiger charge is -2.46. The molecule has 3 aliphatic rings. The number of rotatable bonds is 4. The molecule has 1 aromatic carbocycles. The SMILES string of the molecule is O=C(CC1COC2(C1)CN(S(=O)(=O)c1ccccc1)C2)N1CCOCC1. The highest BCUT2D eigenvalue weighted by Gasteiger charge is 2.53. The van der Waals surface area contributed by atoms with E-state index >= 15 is 0 Å². The van der Waals surface area contributed by atoms with Crippen LogP contribution < -0.4 is 0 Å². The highest BCUT2D eigenvalue weighted by atomic mass is 32.2. The summed E-state index contributed by atoms with van der Waals surface area (Å²) in [5.41, 5.74) is -0.419. The molecule has 1 aromatic rings. The number of nitrogens with zero attached hydrogens (tertiary/aromatic N) is 2. The third-order valence-corrected chi connectivity index (χ3v) is 7.23. The average Bonchev–Trinajstić information content (AvgIpc) is 3.06. The van der Waals surface area contributed by atoms with Gasteiger partial charge in [0, 0.05) is 32.6 Å². The number of benzene rings is 1. The van der Waals surface area contributed by atoms with Gasteiger partial charge < -0.3 is 14.4 Å². The van der Waals surface area contributed by atoms with E-state index in [4.69, 9.17) is 9.47 Å². The minimum atomic E-state index is -3.46. The second-order valence-electron chi connectivity index (χ2n) is 7.35. The Bertz CT molecular complexity index is 755. The summed E-state index contributed by atoms with van der Waals surface area (Å²) >= 11 is 0. The summed E-state index contributed by atoms with van der Waals surface area (Å²) in [6.45, 7) is 3.77. The van der Waals surface area contributed by atoms with E-state index in [1.165, 1.54) is 4.31 Å². The maximum absolute atomic E-state index is 12.6. The molecule has 3 saturated heterocycles. The molecule has 1 unspecified atom stereocenters. The number of ether oxygens (including phenoxy) is 2. The summed E-state index contributed by atoms with van der Waals surface area (Å²) in [5.74, 6) is 0.305. The fraction of sp³-hybridized carbons (Fsp3) is 0.611. The molecule has 8 heteroatoms. The second-order valence-corrected chi connectivity index (χ2v) is 9.29. The highest BCUT2D eigenvalue weighted by molar-refractivity contribution is 7.89. The van der Waals surface area contributed by atoms with Gasteiger partial charge in [-0.25, -0.2) is 8.42 Å². The van der Waals surface area contributed by atoms with E-state index in [9.17, 15) is 13.2 Å². The van der Waals surface area contributed by atoms with Gasteiger partial charge in [0.1, 0.15) is 0 Å². The maximum Gasteiger partial charge on any atom is 0.243 e. The Morgan fingerprint density at radius 1 is 1.15 bits per heavy atom. The molecule has 3 aliphatic heterocycles. The van der Waals surface area contributed by atoms with Crippen LogP contribution in [0.2, 0.25) is 0 Å². The molecule has 1 amide bonds. The molecule has 0 aromatic heterocycles. The fourth-order valence-electron chi connectivity index (χ4n) is 3.99. The molecule has 0 radical (unpaired) electrons. The molecular formula is C18H24N2O5S. The molecule has 0 aliphatic carbocycles. The summed E-state index contributed by atoms with van der Waals surface area (Å²) in [6, 6.07) is 8.47. The van der Waals surface area contributed by atoms with Crippen LogP contribution in [0.25, 0.3) is 0 Å². The first-order valence-electron chi connectivity index (χ1n) is 9.03. The lowest BCUT2D eigenvalue weighted by Crippen LogP contribution is -2.63. The van der Waals surface area contributed by atoms with Crippen molar-refractivity contribution in [3.8, 4) is 0 Å². The van der Waals surface area contributed by atoms with Crippen LogP contribution in [0.5, 0.6) is 0 Å². The molecule has 3 heterocycles. The summed E-state index contributed by atoms with van der Waals surface area (Å²) < 4.78 is 37.9. The van der Waals surface area contributed by atoms with Crippen LogP contribution in [0.3, 0.4) is 0 Å². The van der Waals surface area contributed by atoms with E-state index in [-0.39, 0.29) is 11.8 Å². The smallest absolute Gasteiger partial charge is 0.243 e. The van der Waals surface area contributed by atoms with Crippen LogP contribution in [0.4, 0.5) is 0 Å². The number of carbonyl (C=O) groups excluding carboxylic acids is 1. The number of morpholine rings is 1. The van der Waals surface area contributed by atoms with Gasteiger partial charge in [0.25, 0.3) is 0 Å². The third-order valence-electron chi connectivity index (χ3n) is 5.42. The van der Waals surface area contributed by atoms with Crippen molar-refractivity contribution in [3.05, 3.63) is 30.3 Å². The lowest BCUT2D eigenvalue weighted by molar-refractivity contribution is -0.136. The lowest BCUT2D eigenvalue weighted by atomic mass is 9.87. The van der Waals surface area contributed by atoms with E-state index in [1.807, 2.05) is 4.90 Å². The monoisotopic (exact) mass is 380 g/mol. The highest BCUT2D eigenvalue weighted by Crippen LogP contribution is 2.41. The van der Waals surface area contributed by atoms with Crippen molar-refractivity contribution in [3.63, 3.8) is 0 Å². The summed E-state index contributed by atoms with van der Waals surface area (Å²) in [6.07, 6.45) is 1.21. The van der Waals surface area contributed by atoms with Crippen molar-refractivity contribution in [1.29, 1.82) is 0 Å². The van der Waals surface area contributed by atoms with Gasteiger partial charge in [-0.1, -0.05) is 18.2 Å². The molecule has 1 atom stereocenters. The van der Waals surface area contributed by atoms with Gasteiger partial charge in [0.05, 0.1) is 30.3 Å². The van der Waals surface area contributed by atoms with Crippen molar-refractivity contribution in [2.45, 2.75) is 23.3 Å². The van der Waals surface area contributed by atoms with Crippen molar-refractivity contribution in [2.75, 3.05) is 46.0 Å². The zero-order chi connectivity index (χ0) is 18.2. The van der Waals surface area contributed by atoms with E-state index in [0.717, 1.165) is 6.42 Å². The van der Waals surface area contributed by atoms with Gasteiger partial charge in [-0.15, -0.1) is 0 Å². The maximum atomic E-state index is 12.6. The molecule has 0 bridgehead atoms. The number of sulfonamides is 1. The number of hydrogen-bond donors (Lipinski definition) is 0. The molecule has 7 nitrogen and oxygen atoms in total. The molecule has 0 N–H and O–H groups in total. The topological polar surface area (TPSA) is 76.2 Å². The van der Waals surface area contributed by atoms with Crippen LogP contribution in [-0.2, 0) is 24.3 Å². The first-order chi connectivity index (χ1) is 12.5. The summed E-state index contributed by atoms with van der Waals surface area (Å²) in [4.78, 5) is 14.5. The number of amides is 1. The molecule has 0 saturated carbocycles. The zero-order valence-electron chi connectivity index (χ0n) is 14.7. The predicted molar refractivity (Wildman–Crippen MR) is 94.0 cm³/mol. The third kappa shape index (κ3) is 3.38. The van der Waals surface area contributed by atoms with Gasteiger partial charge in [-0.05, 0) is 24.5 Å². The minimum absolute atomic E-state index is 0.145. The van der Waals surface area contributed by atoms with Gasteiger partial charge in [-0.3, -0.25) is 4.79 Å². The van der Waals surface area contributed by atoms with E-state index in [0.29, 0.717) is 57.3 Å². The molecule has 4 rings (SSSR count). The quantitative estimate of drug-likeness (QED) is 0.769. The zero-order valence-corrected chi connectivity index (χ0v) is 15.5. The second kappa shape index (κ2) is 6.92. The summed E-state index contributed by atoms with van der Waals surface area (Å²) in [5, 5.41) is 0. The van der Waals surface area contributed by atoms with Crippen LogP contribution >= 0.6 is 0 Å². The van der Waals surface area contributed by atoms with Crippen LogP contribution in [0.1, 0.15) is 12.8 Å². The first-order valence-corrected chi connectivity index (χ1v) is 10.5. The van der Waals surface area contributed by atoms with Crippen LogP contribution in [0.15, 0.2) is 35.2 Å². The Morgan fingerprint density at radius 2 is 1.85 bits per heavy atom. The summed E-state index contributed by atoms with van der Waals surface area (Å²) in [7, 11) is -3.46. The predicted octanol–water partition coefficient (Wildman–Crippen LogP) is 0.715. The average molecular weight is 380 g/mol. The molecular weight excluding hydrogens is 356 g/mol. The van der Waals surface area contributed by atoms with Crippen molar-refractivity contribution < 1.29 is 22.7 Å². The number of carbonyl (C=O) groups is 1. The Hall–Kier alpha value is -1.48. The van der Waals surface area contributed by atoms with Crippen molar-refractivity contribution >= 4 is 15.9 Å². The standard InChI is InChI=1S/C18H24N2O5S/c21-17(19-6-8-24-9-7-19)10-15-11-18(25-12-15)13-20(14-18)26(22,23)16-4-2-1-3-5-16/h1-5,15H,6-14H2. The van der Waals surface area contributed by atoms with Crippen molar-refractivity contribution in [1.82, 2.24) is 9.21 Å². The Balaban J connectivity index is 1.32. The molecule has 1 spiro atoms. The first kappa shape index (κ1) is 17.9. The van der Waals surface area contributed by atoms with E-state index in [2.05, 4.69) is 0 Å². The van der Waals surface area contributed by atoms with E-state index in [1.54, 1.807) is 30.3 Å². The molecule has 142 valence electrons. The van der Waals surface area contributed by atoms with Crippen LogP contribution in [-0.4, -0.2) is 75.1 Å². The van der Waals surface area contributed by atoms with Crippen molar-refractivity contribution in [2.24, 2.45) is 5.92 Å². The van der Waals surface area contributed by atoms with E-state index < -0.39 is 15.6 Å².